The number of Topliss-reactive ketones (excluding diaryl/α,β-unsaturated/α-hetero) is 2. The normalized spacial score (nSPS) is 9.81. The fraction of sp³-hybridized carbons (Fsp3) is 0.182. The molecule has 0 radical (unpaired) electrons. The van der Waals surface area contributed by atoms with E-state index in [1.54, 1.807) is 0 Å². The number of carboxylic acid groups (broad SMARTS) is 1. The van der Waals surface area contributed by atoms with Crippen molar-refractivity contribution in [3.8, 4) is 0 Å². The summed E-state index contributed by atoms with van der Waals surface area (Å²) < 4.78 is 0. The molecular weight excluding hydrogens is 210 g/mol. The first kappa shape index (κ1) is 11.9. The van der Waals surface area contributed by atoms with Crippen LogP contribution in [-0.4, -0.2) is 22.6 Å². The van der Waals surface area contributed by atoms with E-state index >= 15 is 0 Å². The highest BCUT2D eigenvalue weighted by Crippen LogP contribution is 2.19. The fourth-order valence-electron chi connectivity index (χ4n) is 1.32. The Labute approximate surface area is 91.9 Å². The Hall–Kier alpha value is -2.17. The second-order valence-electron chi connectivity index (χ2n) is 3.37. The van der Waals surface area contributed by atoms with Crippen LogP contribution in [0, 0.1) is 0 Å². The lowest BCUT2D eigenvalue weighted by Crippen LogP contribution is -2.11. The molecule has 0 saturated carbocycles. The van der Waals surface area contributed by atoms with Gasteiger partial charge in [0, 0.05) is 5.56 Å². The topological polar surface area (TPSA) is 97.5 Å². The second kappa shape index (κ2) is 4.57. The van der Waals surface area contributed by atoms with Gasteiger partial charge in [-0.2, -0.15) is 0 Å². The number of para-hydroxylation sites is 1. The molecule has 1 aromatic rings. The second-order valence-corrected chi connectivity index (χ2v) is 3.37. The first-order valence-corrected chi connectivity index (χ1v) is 4.58. The minimum Gasteiger partial charge on any atom is -0.478 e. The molecule has 0 aromatic heterocycles. The molecule has 1 aromatic carbocycles. The van der Waals surface area contributed by atoms with Crippen LogP contribution in [0.2, 0.25) is 0 Å². The largest absolute Gasteiger partial charge is 0.478 e. The summed E-state index contributed by atoms with van der Waals surface area (Å²) in [4.78, 5) is 33.1. The van der Waals surface area contributed by atoms with Gasteiger partial charge in [0.1, 0.15) is 5.78 Å². The predicted octanol–water partition coefficient (Wildman–Crippen LogP) is 1.13. The number of carbonyl (C=O) groups is 3. The molecule has 0 spiro atoms. The van der Waals surface area contributed by atoms with Crippen LogP contribution in [0.5, 0.6) is 0 Å². The van der Waals surface area contributed by atoms with E-state index in [0.29, 0.717) is 0 Å². The molecule has 16 heavy (non-hydrogen) atoms. The average Bonchev–Trinajstić information content (AvgIpc) is 2.16. The molecule has 0 amide bonds. The van der Waals surface area contributed by atoms with Gasteiger partial charge in [0.05, 0.1) is 17.7 Å². The molecule has 0 aliphatic carbocycles. The van der Waals surface area contributed by atoms with Crippen LogP contribution in [0.3, 0.4) is 0 Å². The summed E-state index contributed by atoms with van der Waals surface area (Å²) in [6.45, 7) is 1.29. The third kappa shape index (κ3) is 2.44. The maximum Gasteiger partial charge on any atom is 0.337 e. The number of carbonyl (C=O) groups excluding carboxylic acids is 2. The van der Waals surface area contributed by atoms with Crippen LogP contribution in [-0.2, 0) is 4.79 Å². The van der Waals surface area contributed by atoms with Gasteiger partial charge < -0.3 is 10.8 Å². The Bertz CT molecular complexity index is 465. The van der Waals surface area contributed by atoms with E-state index in [4.69, 9.17) is 10.8 Å². The molecule has 0 bridgehead atoms. The van der Waals surface area contributed by atoms with Gasteiger partial charge in [-0.15, -0.1) is 0 Å². The lowest BCUT2D eigenvalue weighted by atomic mass is 10.0. The Morgan fingerprint density at radius 1 is 1.25 bits per heavy atom. The Morgan fingerprint density at radius 2 is 1.81 bits per heavy atom. The zero-order valence-electron chi connectivity index (χ0n) is 8.69. The summed E-state index contributed by atoms with van der Waals surface area (Å²) in [5, 5.41) is 8.80. The van der Waals surface area contributed by atoms with Crippen LogP contribution in [0.1, 0.15) is 34.1 Å². The molecule has 0 unspecified atom stereocenters. The summed E-state index contributed by atoms with van der Waals surface area (Å²) in [6, 6.07) is 4.14. The lowest BCUT2D eigenvalue weighted by molar-refractivity contribution is -0.116. The standard InChI is InChI=1S/C11H11NO4/c1-6(13)5-9(14)7-3-2-4-8(10(7)12)11(15)16/h2-4H,5,12H2,1H3,(H,15,16). The molecule has 5 heteroatoms. The van der Waals surface area contributed by atoms with Crippen LogP contribution in [0.4, 0.5) is 5.69 Å². The summed E-state index contributed by atoms with van der Waals surface area (Å²) in [6.07, 6.45) is -0.271. The molecule has 3 N–H and O–H groups in total. The van der Waals surface area contributed by atoms with Crippen molar-refractivity contribution in [2.75, 3.05) is 5.73 Å². The van der Waals surface area contributed by atoms with Crippen molar-refractivity contribution >= 4 is 23.2 Å². The third-order valence-electron chi connectivity index (χ3n) is 2.05. The minimum atomic E-state index is -1.20. The van der Waals surface area contributed by atoms with Crippen LogP contribution in [0.15, 0.2) is 18.2 Å². The van der Waals surface area contributed by atoms with Crippen LogP contribution in [0.25, 0.3) is 0 Å². The highest BCUT2D eigenvalue weighted by atomic mass is 16.4. The number of benzene rings is 1. The Morgan fingerprint density at radius 3 is 2.31 bits per heavy atom. The highest BCUT2D eigenvalue weighted by Gasteiger charge is 2.16. The monoisotopic (exact) mass is 221 g/mol. The van der Waals surface area contributed by atoms with Gasteiger partial charge in [0.15, 0.2) is 5.78 Å². The number of anilines is 1. The van der Waals surface area contributed by atoms with E-state index < -0.39 is 11.8 Å². The summed E-state index contributed by atoms with van der Waals surface area (Å²) in [5.41, 5.74) is 5.40. The number of hydrogen-bond donors (Lipinski definition) is 2. The average molecular weight is 221 g/mol. The van der Waals surface area contributed by atoms with Gasteiger partial charge in [0.2, 0.25) is 0 Å². The summed E-state index contributed by atoms with van der Waals surface area (Å²) in [7, 11) is 0. The maximum atomic E-state index is 11.6. The van der Waals surface area contributed by atoms with Crippen molar-refractivity contribution in [1.82, 2.24) is 0 Å². The zero-order valence-corrected chi connectivity index (χ0v) is 8.69. The molecule has 0 fully saturated rings. The quantitative estimate of drug-likeness (QED) is 0.451. The first-order chi connectivity index (χ1) is 7.43. The zero-order chi connectivity index (χ0) is 12.3. The van der Waals surface area contributed by atoms with Gasteiger partial charge in [-0.25, -0.2) is 4.79 Å². The van der Waals surface area contributed by atoms with Crippen molar-refractivity contribution in [2.45, 2.75) is 13.3 Å². The van der Waals surface area contributed by atoms with E-state index in [1.165, 1.54) is 25.1 Å². The third-order valence-corrected chi connectivity index (χ3v) is 2.05. The van der Waals surface area contributed by atoms with Crippen molar-refractivity contribution in [3.63, 3.8) is 0 Å². The smallest absolute Gasteiger partial charge is 0.337 e. The molecule has 0 atom stereocenters. The first-order valence-electron chi connectivity index (χ1n) is 4.58. The number of hydrogen-bond acceptors (Lipinski definition) is 4. The Balaban J connectivity index is 3.15. The van der Waals surface area contributed by atoms with Gasteiger partial charge in [0.25, 0.3) is 0 Å². The van der Waals surface area contributed by atoms with Gasteiger partial charge in [-0.1, -0.05) is 6.07 Å². The molecule has 5 nitrogen and oxygen atoms in total. The number of carboxylic acids is 1. The number of nitrogens with two attached hydrogens (primary N) is 1. The summed E-state index contributed by atoms with van der Waals surface area (Å²) in [5.74, 6) is -1.95. The highest BCUT2D eigenvalue weighted by molar-refractivity contribution is 6.12. The fourth-order valence-corrected chi connectivity index (χ4v) is 1.32. The van der Waals surface area contributed by atoms with Crippen LogP contribution >= 0.6 is 0 Å². The molecule has 0 aliphatic heterocycles. The number of nitrogen functional groups attached to an aromatic ring is 1. The minimum absolute atomic E-state index is 0.0788. The SMILES string of the molecule is CC(=O)CC(=O)c1cccc(C(=O)O)c1N. The number of rotatable bonds is 4. The molecular formula is C11H11NO4. The lowest BCUT2D eigenvalue weighted by Gasteiger charge is -2.06. The van der Waals surface area contributed by atoms with E-state index in [9.17, 15) is 14.4 Å². The molecule has 84 valence electrons. The predicted molar refractivity (Wildman–Crippen MR) is 57.4 cm³/mol. The van der Waals surface area contributed by atoms with Crippen molar-refractivity contribution < 1.29 is 19.5 Å². The van der Waals surface area contributed by atoms with Gasteiger partial charge >= 0.3 is 5.97 Å². The van der Waals surface area contributed by atoms with Gasteiger partial charge in [-0.05, 0) is 19.1 Å². The number of ketones is 2. The number of aromatic carboxylic acids is 1. The van der Waals surface area contributed by atoms with Crippen LogP contribution < -0.4 is 5.73 Å². The van der Waals surface area contributed by atoms with Gasteiger partial charge in [-0.3, -0.25) is 9.59 Å². The van der Waals surface area contributed by atoms with E-state index in [0.717, 1.165) is 0 Å². The van der Waals surface area contributed by atoms with E-state index in [2.05, 4.69) is 0 Å². The van der Waals surface area contributed by atoms with E-state index in [1.807, 2.05) is 0 Å². The van der Waals surface area contributed by atoms with E-state index in [-0.39, 0.29) is 29.0 Å². The Kier molecular flexibility index (Phi) is 3.40. The molecule has 0 aliphatic rings. The molecule has 1 rings (SSSR count). The summed E-state index contributed by atoms with van der Waals surface area (Å²) >= 11 is 0. The van der Waals surface area contributed by atoms with Crippen molar-refractivity contribution in [2.24, 2.45) is 0 Å². The maximum absolute atomic E-state index is 11.6. The van der Waals surface area contributed by atoms with Crippen molar-refractivity contribution in [1.29, 1.82) is 0 Å². The molecule has 0 saturated heterocycles. The van der Waals surface area contributed by atoms with Crippen molar-refractivity contribution in [3.05, 3.63) is 29.3 Å². The molecule has 0 heterocycles.